The van der Waals surface area contributed by atoms with Crippen LogP contribution in [-0.2, 0) is 4.79 Å². The number of carbonyl (C=O) groups excluding carboxylic acids is 1. The number of methoxy groups -OCH3 is 2. The zero-order chi connectivity index (χ0) is 19.9. The smallest absolute Gasteiger partial charge is 0.264 e. The zero-order valence-corrected chi connectivity index (χ0v) is 16.4. The molecule has 28 heavy (non-hydrogen) atoms. The summed E-state index contributed by atoms with van der Waals surface area (Å²) in [6.45, 7) is 4.07. The summed E-state index contributed by atoms with van der Waals surface area (Å²) >= 11 is 1.27. The SMILES string of the molecule is C=CCOc1ccc(/C=C2\SC(=Nc3ccc(OC)cc3OC)NC2=O)cc1. The molecule has 0 aromatic heterocycles. The number of carbonyl (C=O) groups is 1. The van der Waals surface area contributed by atoms with Gasteiger partial charge < -0.3 is 19.5 Å². The number of rotatable bonds is 7. The van der Waals surface area contributed by atoms with Crippen LogP contribution in [0.3, 0.4) is 0 Å². The Morgan fingerprint density at radius 3 is 2.54 bits per heavy atom. The lowest BCUT2D eigenvalue weighted by atomic mass is 10.2. The second kappa shape index (κ2) is 9.14. The number of amides is 1. The van der Waals surface area contributed by atoms with Gasteiger partial charge in [-0.2, -0.15) is 0 Å². The van der Waals surface area contributed by atoms with E-state index in [1.807, 2.05) is 30.3 Å². The maximum absolute atomic E-state index is 12.3. The molecule has 3 rings (SSSR count). The van der Waals surface area contributed by atoms with Crippen molar-refractivity contribution in [2.75, 3.05) is 20.8 Å². The van der Waals surface area contributed by atoms with Crippen molar-refractivity contribution >= 4 is 34.6 Å². The van der Waals surface area contributed by atoms with Gasteiger partial charge in [0, 0.05) is 6.07 Å². The number of hydrogen-bond acceptors (Lipinski definition) is 6. The van der Waals surface area contributed by atoms with E-state index in [1.165, 1.54) is 11.8 Å². The van der Waals surface area contributed by atoms with Gasteiger partial charge in [-0.1, -0.05) is 24.8 Å². The van der Waals surface area contributed by atoms with Crippen LogP contribution in [0.1, 0.15) is 5.56 Å². The Morgan fingerprint density at radius 1 is 1.11 bits per heavy atom. The second-order valence-corrected chi connectivity index (χ2v) is 6.72. The van der Waals surface area contributed by atoms with Gasteiger partial charge >= 0.3 is 0 Å². The molecule has 1 N–H and O–H groups in total. The van der Waals surface area contributed by atoms with Crippen molar-refractivity contribution in [1.82, 2.24) is 5.32 Å². The highest BCUT2D eigenvalue weighted by atomic mass is 32.2. The van der Waals surface area contributed by atoms with Crippen LogP contribution in [0.25, 0.3) is 6.08 Å². The lowest BCUT2D eigenvalue weighted by Crippen LogP contribution is -2.19. The van der Waals surface area contributed by atoms with Crippen molar-refractivity contribution in [3.8, 4) is 17.2 Å². The van der Waals surface area contributed by atoms with Crippen molar-refractivity contribution in [3.05, 3.63) is 65.6 Å². The fraction of sp³-hybridized carbons (Fsp3) is 0.143. The molecule has 1 heterocycles. The highest BCUT2D eigenvalue weighted by Crippen LogP contribution is 2.34. The van der Waals surface area contributed by atoms with Crippen molar-refractivity contribution in [3.63, 3.8) is 0 Å². The van der Waals surface area contributed by atoms with Crippen LogP contribution in [0, 0.1) is 0 Å². The summed E-state index contributed by atoms with van der Waals surface area (Å²) in [6.07, 6.45) is 3.50. The molecule has 2 aromatic rings. The number of benzene rings is 2. The molecule has 0 atom stereocenters. The molecule has 1 fully saturated rings. The zero-order valence-electron chi connectivity index (χ0n) is 15.6. The summed E-state index contributed by atoms with van der Waals surface area (Å²) in [5.41, 5.74) is 1.50. The minimum Gasteiger partial charge on any atom is -0.497 e. The molecule has 0 spiro atoms. The van der Waals surface area contributed by atoms with E-state index in [1.54, 1.807) is 38.5 Å². The van der Waals surface area contributed by atoms with Gasteiger partial charge in [-0.05, 0) is 47.7 Å². The lowest BCUT2D eigenvalue weighted by molar-refractivity contribution is -0.115. The topological polar surface area (TPSA) is 69.2 Å². The molecule has 0 bridgehead atoms. The maximum atomic E-state index is 12.3. The maximum Gasteiger partial charge on any atom is 0.264 e. The van der Waals surface area contributed by atoms with Gasteiger partial charge in [0.15, 0.2) is 5.17 Å². The standard InChI is InChI=1S/C21H20N2O4S/c1-4-11-27-15-7-5-14(6-8-15)12-19-20(24)23-21(28-19)22-17-10-9-16(25-2)13-18(17)26-3/h4-10,12-13H,1,11H2,2-3H3,(H,22,23,24)/b19-12-. The molecule has 1 amide bonds. The van der Waals surface area contributed by atoms with Crippen LogP contribution >= 0.6 is 11.8 Å². The largest absolute Gasteiger partial charge is 0.497 e. The Hall–Kier alpha value is -3.19. The number of ether oxygens (including phenoxy) is 3. The summed E-state index contributed by atoms with van der Waals surface area (Å²) in [7, 11) is 3.15. The molecule has 1 aliphatic rings. The Morgan fingerprint density at radius 2 is 1.86 bits per heavy atom. The molecule has 144 valence electrons. The minimum absolute atomic E-state index is 0.191. The summed E-state index contributed by atoms with van der Waals surface area (Å²) in [4.78, 5) is 17.3. The third-order valence-corrected chi connectivity index (χ3v) is 4.72. The monoisotopic (exact) mass is 396 g/mol. The average molecular weight is 396 g/mol. The molecular weight excluding hydrogens is 376 g/mol. The third kappa shape index (κ3) is 4.75. The first-order chi connectivity index (χ1) is 13.6. The highest BCUT2D eigenvalue weighted by Gasteiger charge is 2.24. The Labute approximate surface area is 167 Å². The van der Waals surface area contributed by atoms with Gasteiger partial charge in [-0.25, -0.2) is 4.99 Å². The quantitative estimate of drug-likeness (QED) is 0.562. The van der Waals surface area contributed by atoms with Gasteiger partial charge in [-0.3, -0.25) is 4.79 Å². The van der Waals surface area contributed by atoms with Gasteiger partial charge in [-0.15, -0.1) is 0 Å². The first-order valence-electron chi connectivity index (χ1n) is 8.48. The lowest BCUT2D eigenvalue weighted by Gasteiger charge is -2.07. The van der Waals surface area contributed by atoms with Gasteiger partial charge in [0.2, 0.25) is 0 Å². The van der Waals surface area contributed by atoms with Gasteiger partial charge in [0.05, 0.1) is 19.1 Å². The second-order valence-electron chi connectivity index (χ2n) is 5.69. The number of amidine groups is 1. The van der Waals surface area contributed by atoms with E-state index in [-0.39, 0.29) is 5.91 Å². The summed E-state index contributed by atoms with van der Waals surface area (Å²) in [5.74, 6) is 1.79. The van der Waals surface area contributed by atoms with E-state index in [0.29, 0.717) is 33.9 Å². The Balaban J connectivity index is 1.77. The number of nitrogens with one attached hydrogen (secondary N) is 1. The first-order valence-corrected chi connectivity index (χ1v) is 9.30. The van der Waals surface area contributed by atoms with E-state index < -0.39 is 0 Å². The third-order valence-electron chi connectivity index (χ3n) is 3.81. The van der Waals surface area contributed by atoms with E-state index in [9.17, 15) is 4.79 Å². The van der Waals surface area contributed by atoms with Gasteiger partial charge in [0.25, 0.3) is 5.91 Å². The molecule has 7 heteroatoms. The van der Waals surface area contributed by atoms with Gasteiger partial charge in [0.1, 0.15) is 29.5 Å². The first kappa shape index (κ1) is 19.6. The fourth-order valence-electron chi connectivity index (χ4n) is 2.43. The van der Waals surface area contributed by atoms with Crippen LogP contribution in [-0.4, -0.2) is 31.9 Å². The van der Waals surface area contributed by atoms with Crippen LogP contribution in [0.4, 0.5) is 5.69 Å². The molecule has 0 unspecified atom stereocenters. The number of nitrogens with zero attached hydrogens (tertiary/aromatic N) is 1. The highest BCUT2D eigenvalue weighted by molar-refractivity contribution is 8.18. The molecule has 1 aliphatic heterocycles. The predicted molar refractivity (Wildman–Crippen MR) is 112 cm³/mol. The molecule has 0 radical (unpaired) electrons. The fourth-order valence-corrected chi connectivity index (χ4v) is 3.27. The van der Waals surface area contributed by atoms with Crippen LogP contribution in [0.2, 0.25) is 0 Å². The van der Waals surface area contributed by atoms with Crippen molar-refractivity contribution in [2.24, 2.45) is 4.99 Å². The summed E-state index contributed by atoms with van der Waals surface area (Å²) < 4.78 is 16.0. The summed E-state index contributed by atoms with van der Waals surface area (Å²) in [5, 5.41) is 3.27. The van der Waals surface area contributed by atoms with Crippen LogP contribution in [0.15, 0.2) is 65.0 Å². The number of aliphatic imine (C=N–C) groups is 1. The number of thioether (sulfide) groups is 1. The van der Waals surface area contributed by atoms with Crippen molar-refractivity contribution in [1.29, 1.82) is 0 Å². The normalized spacial score (nSPS) is 16.1. The average Bonchev–Trinajstić information content (AvgIpc) is 3.06. The minimum atomic E-state index is -0.191. The van der Waals surface area contributed by atoms with Crippen molar-refractivity contribution < 1.29 is 19.0 Å². The van der Waals surface area contributed by atoms with E-state index in [4.69, 9.17) is 14.2 Å². The van der Waals surface area contributed by atoms with Crippen LogP contribution in [0.5, 0.6) is 17.2 Å². The van der Waals surface area contributed by atoms with E-state index in [2.05, 4.69) is 16.9 Å². The predicted octanol–water partition coefficient (Wildman–Crippen LogP) is 4.16. The summed E-state index contributed by atoms with van der Waals surface area (Å²) in [6, 6.07) is 12.8. The van der Waals surface area contributed by atoms with E-state index in [0.717, 1.165) is 11.3 Å². The van der Waals surface area contributed by atoms with Crippen molar-refractivity contribution in [2.45, 2.75) is 0 Å². The molecule has 2 aromatic carbocycles. The molecule has 0 saturated carbocycles. The van der Waals surface area contributed by atoms with E-state index >= 15 is 0 Å². The van der Waals surface area contributed by atoms with Crippen LogP contribution < -0.4 is 19.5 Å². The molecule has 1 saturated heterocycles. The molecule has 6 nitrogen and oxygen atoms in total. The Kier molecular flexibility index (Phi) is 6.39. The Bertz CT molecular complexity index is 936. The number of hydrogen-bond donors (Lipinski definition) is 1. The molecule has 0 aliphatic carbocycles. The molecular formula is C21H20N2O4S.